The van der Waals surface area contributed by atoms with Gasteiger partial charge in [0, 0.05) is 43.1 Å². The van der Waals surface area contributed by atoms with Crippen molar-refractivity contribution in [1.29, 1.82) is 0 Å². The number of aromatic nitrogens is 3. The van der Waals surface area contributed by atoms with E-state index >= 15 is 0 Å². The summed E-state index contributed by atoms with van der Waals surface area (Å²) in [7, 11) is 0. The van der Waals surface area contributed by atoms with Crippen LogP contribution < -0.4 is 9.47 Å². The number of fused-ring (bicyclic) bond motifs is 2. The standard InChI is InChI=1S/C17H15N3O4/c21-16(22)4-2-6-20-13-8-15-14(23-10-24-15)7-12(13)19-17(20)11-3-1-5-18-9-11/h1,3,5,7-9H,2,4,6,10H2,(H,21,22). The van der Waals surface area contributed by atoms with Crippen molar-refractivity contribution in [2.24, 2.45) is 0 Å². The molecule has 122 valence electrons. The number of aryl methyl sites for hydroxylation is 1. The first-order valence-electron chi connectivity index (χ1n) is 7.64. The second-order valence-corrected chi connectivity index (χ2v) is 5.52. The molecule has 0 spiro atoms. The molecule has 1 aliphatic heterocycles. The van der Waals surface area contributed by atoms with Gasteiger partial charge in [-0.2, -0.15) is 0 Å². The van der Waals surface area contributed by atoms with Gasteiger partial charge >= 0.3 is 5.97 Å². The van der Waals surface area contributed by atoms with Crippen molar-refractivity contribution in [3.05, 3.63) is 36.7 Å². The van der Waals surface area contributed by atoms with E-state index < -0.39 is 5.97 Å². The molecule has 4 rings (SSSR count). The Balaban J connectivity index is 1.82. The fraction of sp³-hybridized carbons (Fsp3) is 0.235. The van der Waals surface area contributed by atoms with Crippen LogP contribution in [0.1, 0.15) is 12.8 Å². The number of pyridine rings is 1. The predicted molar refractivity (Wildman–Crippen MR) is 86.0 cm³/mol. The number of hydrogen-bond acceptors (Lipinski definition) is 5. The van der Waals surface area contributed by atoms with Crippen molar-refractivity contribution in [2.45, 2.75) is 19.4 Å². The summed E-state index contributed by atoms with van der Waals surface area (Å²) in [5.41, 5.74) is 2.56. The lowest BCUT2D eigenvalue weighted by Gasteiger charge is -2.08. The molecule has 0 unspecified atom stereocenters. The second kappa shape index (κ2) is 5.84. The van der Waals surface area contributed by atoms with Gasteiger partial charge in [0.25, 0.3) is 0 Å². The van der Waals surface area contributed by atoms with E-state index in [0.29, 0.717) is 24.5 Å². The number of aliphatic carboxylic acids is 1. The van der Waals surface area contributed by atoms with E-state index in [1.54, 1.807) is 12.4 Å². The second-order valence-electron chi connectivity index (χ2n) is 5.52. The molecule has 0 radical (unpaired) electrons. The van der Waals surface area contributed by atoms with Crippen LogP contribution in [0.15, 0.2) is 36.7 Å². The molecule has 1 N–H and O–H groups in total. The monoisotopic (exact) mass is 325 g/mol. The number of carboxylic acids is 1. The van der Waals surface area contributed by atoms with E-state index in [1.807, 2.05) is 28.8 Å². The Hall–Kier alpha value is -3.09. The highest BCUT2D eigenvalue weighted by Crippen LogP contribution is 2.37. The third-order valence-electron chi connectivity index (χ3n) is 3.93. The molecule has 0 bridgehead atoms. The molecule has 7 nitrogen and oxygen atoms in total. The summed E-state index contributed by atoms with van der Waals surface area (Å²) in [6.45, 7) is 0.753. The molecule has 1 aromatic carbocycles. The zero-order valence-corrected chi connectivity index (χ0v) is 12.8. The first-order chi connectivity index (χ1) is 11.7. The van der Waals surface area contributed by atoms with Crippen LogP contribution in [0.5, 0.6) is 11.5 Å². The normalized spacial score (nSPS) is 12.7. The fourth-order valence-corrected chi connectivity index (χ4v) is 2.84. The smallest absolute Gasteiger partial charge is 0.303 e. The lowest BCUT2D eigenvalue weighted by Crippen LogP contribution is -2.04. The molecule has 0 aliphatic carbocycles. The molecule has 7 heteroatoms. The molecule has 1 aliphatic rings. The van der Waals surface area contributed by atoms with Crippen LogP contribution >= 0.6 is 0 Å². The van der Waals surface area contributed by atoms with Gasteiger partial charge in [-0.1, -0.05) is 0 Å². The SMILES string of the molecule is O=C(O)CCCn1c(-c2cccnc2)nc2cc3c(cc21)OCO3. The maximum Gasteiger partial charge on any atom is 0.303 e. The highest BCUT2D eigenvalue weighted by molar-refractivity contribution is 5.84. The van der Waals surface area contributed by atoms with Gasteiger partial charge in [-0.3, -0.25) is 9.78 Å². The average Bonchev–Trinajstić information content (AvgIpc) is 3.17. The minimum Gasteiger partial charge on any atom is -0.481 e. The number of ether oxygens (including phenoxy) is 2. The Labute approximate surface area is 137 Å². The maximum absolute atomic E-state index is 10.8. The summed E-state index contributed by atoms with van der Waals surface area (Å²) in [6, 6.07) is 7.53. The largest absolute Gasteiger partial charge is 0.481 e. The van der Waals surface area contributed by atoms with Crippen LogP contribution in [0.3, 0.4) is 0 Å². The van der Waals surface area contributed by atoms with E-state index in [9.17, 15) is 4.79 Å². The van der Waals surface area contributed by atoms with Gasteiger partial charge in [0.2, 0.25) is 6.79 Å². The zero-order valence-electron chi connectivity index (χ0n) is 12.8. The number of benzene rings is 1. The number of rotatable bonds is 5. The van der Waals surface area contributed by atoms with Crippen LogP contribution in [0.4, 0.5) is 0 Å². The van der Waals surface area contributed by atoms with Crippen molar-refractivity contribution in [3.63, 3.8) is 0 Å². The van der Waals surface area contributed by atoms with E-state index in [-0.39, 0.29) is 13.2 Å². The predicted octanol–water partition coefficient (Wildman–Crippen LogP) is 2.69. The molecule has 3 aromatic rings. The highest BCUT2D eigenvalue weighted by atomic mass is 16.7. The first-order valence-corrected chi connectivity index (χ1v) is 7.64. The van der Waals surface area contributed by atoms with Crippen molar-refractivity contribution < 1.29 is 19.4 Å². The first kappa shape index (κ1) is 14.5. The van der Waals surface area contributed by atoms with E-state index in [1.165, 1.54) is 0 Å². The number of carboxylic acid groups (broad SMARTS) is 1. The van der Waals surface area contributed by atoms with E-state index in [0.717, 1.165) is 22.4 Å². The lowest BCUT2D eigenvalue weighted by atomic mass is 10.2. The molecule has 2 aromatic heterocycles. The molecule has 0 saturated carbocycles. The molecule has 0 saturated heterocycles. The Morgan fingerprint density at radius 1 is 1.29 bits per heavy atom. The van der Waals surface area contributed by atoms with Gasteiger partial charge in [0.1, 0.15) is 5.82 Å². The van der Waals surface area contributed by atoms with Gasteiger partial charge in [-0.05, 0) is 18.6 Å². The maximum atomic E-state index is 10.8. The highest BCUT2D eigenvalue weighted by Gasteiger charge is 2.20. The quantitative estimate of drug-likeness (QED) is 0.776. The van der Waals surface area contributed by atoms with E-state index in [2.05, 4.69) is 4.98 Å². The Morgan fingerprint density at radius 3 is 2.88 bits per heavy atom. The summed E-state index contributed by atoms with van der Waals surface area (Å²) in [5.74, 6) is 1.31. The van der Waals surface area contributed by atoms with Crippen LogP contribution in [0, 0.1) is 0 Å². The molecule has 0 amide bonds. The molecule has 24 heavy (non-hydrogen) atoms. The summed E-state index contributed by atoms with van der Waals surface area (Å²) in [5, 5.41) is 8.90. The third-order valence-corrected chi connectivity index (χ3v) is 3.93. The van der Waals surface area contributed by atoms with Crippen LogP contribution in [0.2, 0.25) is 0 Å². The van der Waals surface area contributed by atoms with Crippen molar-refractivity contribution >= 4 is 17.0 Å². The van der Waals surface area contributed by atoms with Gasteiger partial charge in [0.05, 0.1) is 11.0 Å². The van der Waals surface area contributed by atoms with Crippen molar-refractivity contribution in [3.8, 4) is 22.9 Å². The third kappa shape index (κ3) is 2.54. The Bertz CT molecular complexity index is 905. The summed E-state index contributed by atoms with van der Waals surface area (Å²) >= 11 is 0. The number of hydrogen-bond donors (Lipinski definition) is 1. The van der Waals surface area contributed by atoms with Gasteiger partial charge < -0.3 is 19.1 Å². The zero-order chi connectivity index (χ0) is 16.5. The van der Waals surface area contributed by atoms with Crippen LogP contribution in [-0.2, 0) is 11.3 Å². The fourth-order valence-electron chi connectivity index (χ4n) is 2.84. The number of nitrogens with zero attached hydrogens (tertiary/aromatic N) is 3. The van der Waals surface area contributed by atoms with Crippen LogP contribution in [0.25, 0.3) is 22.4 Å². The Morgan fingerprint density at radius 2 is 2.12 bits per heavy atom. The number of carbonyl (C=O) groups is 1. The molecule has 3 heterocycles. The van der Waals surface area contributed by atoms with Crippen molar-refractivity contribution in [1.82, 2.24) is 14.5 Å². The van der Waals surface area contributed by atoms with E-state index in [4.69, 9.17) is 19.6 Å². The summed E-state index contributed by atoms with van der Waals surface area (Å²) in [6.07, 6.45) is 4.08. The summed E-state index contributed by atoms with van der Waals surface area (Å²) in [4.78, 5) is 19.7. The van der Waals surface area contributed by atoms with Crippen molar-refractivity contribution in [2.75, 3.05) is 6.79 Å². The minimum absolute atomic E-state index is 0.108. The van der Waals surface area contributed by atoms with Gasteiger partial charge in [0.15, 0.2) is 11.5 Å². The topological polar surface area (TPSA) is 86.5 Å². The molecule has 0 fully saturated rings. The lowest BCUT2D eigenvalue weighted by molar-refractivity contribution is -0.137. The average molecular weight is 325 g/mol. The van der Waals surface area contributed by atoms with Gasteiger partial charge in [-0.15, -0.1) is 0 Å². The Kier molecular flexibility index (Phi) is 3.53. The molecule has 0 atom stereocenters. The van der Waals surface area contributed by atoms with Crippen LogP contribution in [-0.4, -0.2) is 32.4 Å². The molecular formula is C17H15N3O4. The minimum atomic E-state index is -0.806. The van der Waals surface area contributed by atoms with Gasteiger partial charge in [-0.25, -0.2) is 4.98 Å². The summed E-state index contributed by atoms with van der Waals surface area (Å²) < 4.78 is 12.9. The number of imidazole rings is 1. The molecular weight excluding hydrogens is 310 g/mol.